The normalized spacial score (nSPS) is 21.3. The lowest BCUT2D eigenvalue weighted by atomic mass is 9.61. The molecular weight excluding hydrogens is 713 g/mol. The van der Waals surface area contributed by atoms with Crippen LogP contribution in [-0.2, 0) is 5.41 Å². The van der Waals surface area contributed by atoms with Crippen LogP contribution in [0.15, 0.2) is 223 Å². The van der Waals surface area contributed by atoms with Crippen molar-refractivity contribution in [3.8, 4) is 33.6 Å². The first-order valence-electron chi connectivity index (χ1n) is 21.1. The number of hydrogen-bond acceptors (Lipinski definition) is 2. The van der Waals surface area contributed by atoms with E-state index in [1.807, 2.05) is 0 Å². The van der Waals surface area contributed by atoms with Crippen molar-refractivity contribution in [2.75, 3.05) is 0 Å². The number of rotatable bonds is 7. The second-order valence-electron chi connectivity index (χ2n) is 16.2. The van der Waals surface area contributed by atoms with Crippen LogP contribution in [0.5, 0.6) is 0 Å². The van der Waals surface area contributed by atoms with Crippen molar-refractivity contribution in [2.24, 2.45) is 5.92 Å². The number of allylic oxidation sites excluding steroid dienone is 16. The first-order valence-corrected chi connectivity index (χ1v) is 21.1. The second-order valence-corrected chi connectivity index (χ2v) is 16.2. The molecule has 0 aliphatic heterocycles. The highest BCUT2D eigenvalue weighted by Gasteiger charge is 2.53. The molecular formula is C57H44N2. The van der Waals surface area contributed by atoms with Gasteiger partial charge in [0.25, 0.3) is 0 Å². The van der Waals surface area contributed by atoms with Gasteiger partial charge in [-0.05, 0) is 105 Å². The van der Waals surface area contributed by atoms with E-state index in [1.165, 1.54) is 61.2 Å². The number of nitrogens with zero attached hydrogens (tertiary/aromatic N) is 2. The van der Waals surface area contributed by atoms with Crippen molar-refractivity contribution in [3.63, 3.8) is 0 Å². The van der Waals surface area contributed by atoms with Gasteiger partial charge >= 0.3 is 0 Å². The highest BCUT2D eigenvalue weighted by atomic mass is 14.9. The predicted octanol–water partition coefficient (Wildman–Crippen LogP) is 14.0. The maximum atomic E-state index is 5.26. The Labute approximate surface area is 347 Å². The van der Waals surface area contributed by atoms with Gasteiger partial charge in [0.2, 0.25) is 0 Å². The molecule has 5 aliphatic carbocycles. The Morgan fingerprint density at radius 1 is 0.525 bits per heavy atom. The van der Waals surface area contributed by atoms with Crippen molar-refractivity contribution >= 4 is 11.1 Å². The van der Waals surface area contributed by atoms with Gasteiger partial charge in [0.15, 0.2) is 0 Å². The van der Waals surface area contributed by atoms with Crippen molar-refractivity contribution in [2.45, 2.75) is 37.0 Å². The van der Waals surface area contributed by atoms with Crippen molar-refractivity contribution in [3.05, 3.63) is 251 Å². The Kier molecular flexibility index (Phi) is 8.85. The molecule has 6 aromatic rings. The lowest BCUT2D eigenvalue weighted by molar-refractivity contribution is 0.705. The molecule has 1 aromatic heterocycles. The minimum absolute atomic E-state index is 0.139. The van der Waals surface area contributed by atoms with Crippen LogP contribution in [0.3, 0.4) is 0 Å². The topological polar surface area (TPSA) is 25.8 Å². The quantitative estimate of drug-likeness (QED) is 0.162. The molecule has 282 valence electrons. The van der Waals surface area contributed by atoms with E-state index in [2.05, 4.69) is 206 Å². The summed E-state index contributed by atoms with van der Waals surface area (Å²) in [5, 5.41) is 0. The zero-order chi connectivity index (χ0) is 39.2. The Bertz CT molecular complexity index is 2860. The van der Waals surface area contributed by atoms with Gasteiger partial charge in [-0.15, -0.1) is 0 Å². The summed E-state index contributed by atoms with van der Waals surface area (Å²) in [6, 6.07) is 51.3. The molecule has 5 aliphatic rings. The average Bonchev–Trinajstić information content (AvgIpc) is 3.64. The Hall–Kier alpha value is -6.90. The van der Waals surface area contributed by atoms with Crippen LogP contribution in [0.25, 0.3) is 44.8 Å². The first-order chi connectivity index (χ1) is 29.3. The largest absolute Gasteiger partial charge is 0.232 e. The fourth-order valence-corrected chi connectivity index (χ4v) is 10.2. The fourth-order valence-electron chi connectivity index (χ4n) is 10.2. The van der Waals surface area contributed by atoms with Crippen molar-refractivity contribution in [1.29, 1.82) is 0 Å². The zero-order valence-electron chi connectivity index (χ0n) is 33.0. The summed E-state index contributed by atoms with van der Waals surface area (Å²) in [7, 11) is 0. The molecule has 2 heteroatoms. The van der Waals surface area contributed by atoms with E-state index in [1.54, 1.807) is 0 Å². The maximum absolute atomic E-state index is 5.26. The minimum atomic E-state index is -0.492. The van der Waals surface area contributed by atoms with E-state index in [-0.39, 0.29) is 5.92 Å². The highest BCUT2D eigenvalue weighted by molar-refractivity contribution is 6.08. The van der Waals surface area contributed by atoms with Gasteiger partial charge in [-0.25, -0.2) is 9.97 Å². The lowest BCUT2D eigenvalue weighted by Gasteiger charge is -2.40. The van der Waals surface area contributed by atoms with E-state index in [0.717, 1.165) is 54.0 Å². The molecule has 59 heavy (non-hydrogen) atoms. The second kappa shape index (κ2) is 14.8. The highest BCUT2D eigenvalue weighted by Crippen LogP contribution is 2.64. The first kappa shape index (κ1) is 35.3. The van der Waals surface area contributed by atoms with E-state index in [4.69, 9.17) is 9.97 Å². The summed E-state index contributed by atoms with van der Waals surface area (Å²) >= 11 is 0. The Morgan fingerprint density at radius 2 is 1.22 bits per heavy atom. The summed E-state index contributed by atoms with van der Waals surface area (Å²) in [4.78, 5) is 10.4. The van der Waals surface area contributed by atoms with Gasteiger partial charge < -0.3 is 0 Å². The van der Waals surface area contributed by atoms with Gasteiger partial charge in [0.1, 0.15) is 5.82 Å². The third-order valence-corrected chi connectivity index (χ3v) is 12.8. The molecule has 0 saturated carbocycles. The van der Waals surface area contributed by atoms with Gasteiger partial charge in [0.05, 0.1) is 16.8 Å². The van der Waals surface area contributed by atoms with E-state index in [9.17, 15) is 0 Å². The molecule has 0 radical (unpaired) electrons. The molecule has 3 atom stereocenters. The number of fused-ring (bicyclic) bond motifs is 4. The SMILES string of the molecule is C1=CCC(c2nc(-c3ccccc3)cc(-c3cccc(-c4ccc5c(c4)C(C4=CCCC=C4)(c4ccccc4)C4=C6C=CC=CC6CC(c6ccccc6)=C45)c3)n2)C=C1. The number of aromatic nitrogens is 2. The van der Waals surface area contributed by atoms with Gasteiger partial charge in [-0.2, -0.15) is 0 Å². The Balaban J connectivity index is 1.14. The van der Waals surface area contributed by atoms with E-state index >= 15 is 0 Å². The standard InChI is InChI=1S/C57H44N2/c1-6-19-39(20-7-1)50-36-44-25-16-17-32-48(44)55-54(50)49-34-33-43(37-51(49)57(55,46-28-12-4-13-29-46)47-30-14-5-15-31-47)42-26-18-27-45(35-42)53-38-52(40-21-8-2-9-22-40)58-56(59-53)41-23-10-3-11-24-41/h1-4,6-14,16-23,25-35,37-38,41,44H,5,15,24,36H2. The minimum Gasteiger partial charge on any atom is -0.232 e. The van der Waals surface area contributed by atoms with E-state index < -0.39 is 5.41 Å². The lowest BCUT2D eigenvalue weighted by Crippen LogP contribution is -2.32. The van der Waals surface area contributed by atoms with Crippen LogP contribution >= 0.6 is 0 Å². The van der Waals surface area contributed by atoms with Crippen LogP contribution in [0, 0.1) is 5.92 Å². The van der Waals surface area contributed by atoms with Crippen molar-refractivity contribution in [1.82, 2.24) is 9.97 Å². The van der Waals surface area contributed by atoms with Gasteiger partial charge in [-0.3, -0.25) is 0 Å². The molecule has 1 heterocycles. The molecule has 0 N–H and O–H groups in total. The van der Waals surface area contributed by atoms with Crippen molar-refractivity contribution < 1.29 is 0 Å². The van der Waals surface area contributed by atoms with Crippen LogP contribution < -0.4 is 0 Å². The Morgan fingerprint density at radius 3 is 1.98 bits per heavy atom. The van der Waals surface area contributed by atoms with Crippen LogP contribution in [-0.4, -0.2) is 9.97 Å². The molecule has 0 saturated heterocycles. The van der Waals surface area contributed by atoms with Crippen LogP contribution in [0.1, 0.15) is 59.7 Å². The average molecular weight is 757 g/mol. The molecule has 0 spiro atoms. The molecule has 2 nitrogen and oxygen atoms in total. The van der Waals surface area contributed by atoms with Crippen LogP contribution in [0.2, 0.25) is 0 Å². The molecule has 11 rings (SSSR count). The monoisotopic (exact) mass is 756 g/mol. The zero-order valence-corrected chi connectivity index (χ0v) is 33.0. The fraction of sp³-hybridized carbons (Fsp3) is 0.123. The van der Waals surface area contributed by atoms with Gasteiger partial charge in [0, 0.05) is 23.0 Å². The summed E-state index contributed by atoms with van der Waals surface area (Å²) in [5.41, 5.74) is 18.3. The predicted molar refractivity (Wildman–Crippen MR) is 244 cm³/mol. The van der Waals surface area contributed by atoms with Crippen LogP contribution in [0.4, 0.5) is 0 Å². The third-order valence-electron chi connectivity index (χ3n) is 12.8. The summed E-state index contributed by atoms with van der Waals surface area (Å²) < 4.78 is 0. The summed E-state index contributed by atoms with van der Waals surface area (Å²) in [6.45, 7) is 0. The molecule has 0 bridgehead atoms. The number of hydrogen-bond donors (Lipinski definition) is 0. The summed E-state index contributed by atoms with van der Waals surface area (Å²) in [6.07, 6.45) is 29.2. The maximum Gasteiger partial charge on any atom is 0.136 e. The molecule has 5 aromatic carbocycles. The van der Waals surface area contributed by atoms with E-state index in [0.29, 0.717) is 5.92 Å². The molecule has 3 unspecified atom stereocenters. The molecule has 0 fully saturated rings. The van der Waals surface area contributed by atoms with Gasteiger partial charge in [-0.1, -0.05) is 188 Å². The molecule has 0 amide bonds. The summed E-state index contributed by atoms with van der Waals surface area (Å²) in [5.74, 6) is 1.30. The number of benzene rings is 5. The smallest absolute Gasteiger partial charge is 0.136 e. The third kappa shape index (κ3) is 6.02.